The van der Waals surface area contributed by atoms with Gasteiger partial charge in [-0.1, -0.05) is 27.2 Å². The molecule has 0 aromatic rings. The van der Waals surface area contributed by atoms with E-state index in [0.29, 0.717) is 51.5 Å². The average molecular weight is 439 g/mol. The van der Waals surface area contributed by atoms with Crippen LogP contribution in [-0.2, 0) is 19.2 Å². The maximum absolute atomic E-state index is 13.4. The SMILES string of the molecule is CC[C@H](C)[C@@H]1NC(=O)[C@](C)(CC)NC(=O)[C@H](CCCCO)NC(=O)[C@H]2CCCN2C1=O. The van der Waals surface area contributed by atoms with Crippen molar-refractivity contribution in [1.82, 2.24) is 20.9 Å². The van der Waals surface area contributed by atoms with Gasteiger partial charge in [0.15, 0.2) is 0 Å². The molecule has 2 aliphatic rings. The van der Waals surface area contributed by atoms with Crippen LogP contribution in [0.2, 0.25) is 0 Å². The van der Waals surface area contributed by atoms with Crippen molar-refractivity contribution in [2.75, 3.05) is 13.2 Å². The van der Waals surface area contributed by atoms with E-state index in [1.807, 2.05) is 13.8 Å². The van der Waals surface area contributed by atoms with E-state index in [-0.39, 0.29) is 24.3 Å². The summed E-state index contributed by atoms with van der Waals surface area (Å²) in [6.07, 6.45) is 3.63. The van der Waals surface area contributed by atoms with Gasteiger partial charge in [-0.25, -0.2) is 0 Å². The van der Waals surface area contributed by atoms with Crippen molar-refractivity contribution in [1.29, 1.82) is 0 Å². The molecule has 176 valence electrons. The Balaban J connectivity index is 2.42. The summed E-state index contributed by atoms with van der Waals surface area (Å²) in [6.45, 7) is 7.73. The number of hydrogen-bond donors (Lipinski definition) is 4. The average Bonchev–Trinajstić information content (AvgIpc) is 3.24. The summed E-state index contributed by atoms with van der Waals surface area (Å²) >= 11 is 0. The van der Waals surface area contributed by atoms with Crippen LogP contribution in [0.4, 0.5) is 0 Å². The van der Waals surface area contributed by atoms with Crippen LogP contribution in [0.25, 0.3) is 0 Å². The molecule has 0 bridgehead atoms. The molecule has 2 aliphatic heterocycles. The number of hydrogen-bond acceptors (Lipinski definition) is 5. The first-order valence-electron chi connectivity index (χ1n) is 11.5. The molecule has 4 N–H and O–H groups in total. The summed E-state index contributed by atoms with van der Waals surface area (Å²) in [5.74, 6) is -1.54. The van der Waals surface area contributed by atoms with Crippen molar-refractivity contribution < 1.29 is 24.3 Å². The zero-order valence-electron chi connectivity index (χ0n) is 19.2. The highest BCUT2D eigenvalue weighted by Gasteiger charge is 2.44. The van der Waals surface area contributed by atoms with Crippen molar-refractivity contribution in [3.63, 3.8) is 0 Å². The number of carbonyl (C=O) groups is 4. The molecular weight excluding hydrogens is 400 g/mol. The molecule has 2 saturated heterocycles. The second-order valence-electron chi connectivity index (χ2n) is 8.98. The van der Waals surface area contributed by atoms with Crippen LogP contribution in [0.3, 0.4) is 0 Å². The summed E-state index contributed by atoms with van der Waals surface area (Å²) in [4.78, 5) is 54.3. The Kier molecular flexibility index (Phi) is 8.85. The molecule has 0 spiro atoms. The lowest BCUT2D eigenvalue weighted by atomic mass is 9.92. The second kappa shape index (κ2) is 10.9. The molecule has 0 saturated carbocycles. The predicted molar refractivity (Wildman–Crippen MR) is 116 cm³/mol. The fraction of sp³-hybridized carbons (Fsp3) is 0.818. The van der Waals surface area contributed by atoms with E-state index in [2.05, 4.69) is 16.0 Å². The quantitative estimate of drug-likeness (QED) is 0.429. The highest BCUT2D eigenvalue weighted by atomic mass is 16.3. The van der Waals surface area contributed by atoms with Gasteiger partial charge in [-0.15, -0.1) is 0 Å². The van der Waals surface area contributed by atoms with Crippen LogP contribution >= 0.6 is 0 Å². The van der Waals surface area contributed by atoms with Crippen molar-refractivity contribution in [3.05, 3.63) is 0 Å². The Labute approximate surface area is 184 Å². The number of unbranched alkanes of at least 4 members (excludes halogenated alkanes) is 1. The van der Waals surface area contributed by atoms with Gasteiger partial charge in [-0.05, 0) is 51.4 Å². The minimum Gasteiger partial charge on any atom is -0.396 e. The smallest absolute Gasteiger partial charge is 0.246 e. The van der Waals surface area contributed by atoms with Crippen LogP contribution in [0.15, 0.2) is 0 Å². The van der Waals surface area contributed by atoms with Crippen LogP contribution in [0.5, 0.6) is 0 Å². The maximum Gasteiger partial charge on any atom is 0.246 e. The normalized spacial score (nSPS) is 31.1. The zero-order valence-corrected chi connectivity index (χ0v) is 19.2. The number of amides is 4. The standard InChI is InChI=1S/C22H38N4O5/c1-5-14(3)17-20(30)26-12-9-11-16(26)19(29)23-15(10-7-8-13-27)18(28)25-22(4,6-2)21(31)24-17/h14-17,27H,5-13H2,1-4H3,(H,23,29)(H,24,31)(H,25,28)/t14-,15-,16+,17-,22-/m0/s1. The van der Waals surface area contributed by atoms with Crippen LogP contribution < -0.4 is 16.0 Å². The van der Waals surface area contributed by atoms with Gasteiger partial charge in [0.25, 0.3) is 0 Å². The first-order chi connectivity index (χ1) is 14.7. The molecule has 0 aromatic carbocycles. The number of fused-ring (bicyclic) bond motifs is 1. The highest BCUT2D eigenvalue weighted by molar-refractivity contribution is 5.99. The van der Waals surface area contributed by atoms with E-state index in [4.69, 9.17) is 5.11 Å². The summed E-state index contributed by atoms with van der Waals surface area (Å²) in [5, 5.41) is 17.6. The maximum atomic E-state index is 13.4. The Morgan fingerprint density at radius 3 is 2.45 bits per heavy atom. The van der Waals surface area contributed by atoms with E-state index in [0.717, 1.165) is 0 Å². The van der Waals surface area contributed by atoms with Crippen molar-refractivity contribution in [2.24, 2.45) is 5.92 Å². The van der Waals surface area contributed by atoms with Gasteiger partial charge in [0.2, 0.25) is 23.6 Å². The molecule has 0 unspecified atom stereocenters. The monoisotopic (exact) mass is 438 g/mol. The number of aliphatic hydroxyl groups is 1. The fourth-order valence-electron chi connectivity index (χ4n) is 4.13. The van der Waals surface area contributed by atoms with E-state index in [1.165, 1.54) is 0 Å². The molecule has 0 radical (unpaired) electrons. The molecule has 0 aliphatic carbocycles. The van der Waals surface area contributed by atoms with Gasteiger partial charge in [-0.3, -0.25) is 19.2 Å². The summed E-state index contributed by atoms with van der Waals surface area (Å²) in [7, 11) is 0. The Bertz CT molecular complexity index is 685. The van der Waals surface area contributed by atoms with Gasteiger partial charge in [0.1, 0.15) is 23.7 Å². The fourth-order valence-corrected chi connectivity index (χ4v) is 4.13. The first kappa shape index (κ1) is 25.1. The number of rotatable bonds is 7. The van der Waals surface area contributed by atoms with Crippen LogP contribution in [0.1, 0.15) is 72.6 Å². The molecule has 9 heteroatoms. The molecule has 2 fully saturated rings. The van der Waals surface area contributed by atoms with Gasteiger partial charge in [-0.2, -0.15) is 0 Å². The summed E-state index contributed by atoms with van der Waals surface area (Å²) < 4.78 is 0. The van der Waals surface area contributed by atoms with Gasteiger partial charge >= 0.3 is 0 Å². The molecular formula is C22H38N4O5. The molecule has 9 nitrogen and oxygen atoms in total. The van der Waals surface area contributed by atoms with E-state index in [9.17, 15) is 19.2 Å². The number of carbonyl (C=O) groups excluding carboxylic acids is 4. The molecule has 5 atom stereocenters. The Morgan fingerprint density at radius 1 is 1.13 bits per heavy atom. The first-order valence-corrected chi connectivity index (χ1v) is 11.5. The Hall–Kier alpha value is -2.16. The summed E-state index contributed by atoms with van der Waals surface area (Å²) in [6, 6.07) is -2.24. The predicted octanol–water partition coefficient (Wildman–Crippen LogP) is 0.454. The minimum atomic E-state index is -1.22. The van der Waals surface area contributed by atoms with Crippen LogP contribution in [0, 0.1) is 5.92 Å². The van der Waals surface area contributed by atoms with Crippen LogP contribution in [-0.4, -0.2) is 70.5 Å². The van der Waals surface area contributed by atoms with Crippen molar-refractivity contribution >= 4 is 23.6 Å². The molecule has 0 aromatic heterocycles. The largest absolute Gasteiger partial charge is 0.396 e. The minimum absolute atomic E-state index is 0.000722. The lowest BCUT2D eigenvalue weighted by Crippen LogP contribution is -2.66. The van der Waals surface area contributed by atoms with E-state index >= 15 is 0 Å². The van der Waals surface area contributed by atoms with Crippen molar-refractivity contribution in [2.45, 2.75) is 96.3 Å². The third-order valence-electron chi connectivity index (χ3n) is 6.75. The van der Waals surface area contributed by atoms with Gasteiger partial charge in [0.05, 0.1) is 0 Å². The second-order valence-corrected chi connectivity index (χ2v) is 8.98. The highest BCUT2D eigenvalue weighted by Crippen LogP contribution is 2.23. The zero-order chi connectivity index (χ0) is 23.2. The third kappa shape index (κ3) is 5.75. The molecule has 4 amide bonds. The van der Waals surface area contributed by atoms with Gasteiger partial charge in [0, 0.05) is 13.2 Å². The van der Waals surface area contributed by atoms with Gasteiger partial charge < -0.3 is 26.0 Å². The molecule has 31 heavy (non-hydrogen) atoms. The van der Waals surface area contributed by atoms with Crippen molar-refractivity contribution in [3.8, 4) is 0 Å². The number of aliphatic hydroxyl groups excluding tert-OH is 1. The number of nitrogens with one attached hydrogen (secondary N) is 3. The Morgan fingerprint density at radius 2 is 1.84 bits per heavy atom. The summed E-state index contributed by atoms with van der Waals surface area (Å²) in [5.41, 5.74) is -1.22. The molecule has 2 heterocycles. The lowest BCUT2D eigenvalue weighted by molar-refractivity contribution is -0.145. The number of nitrogens with zero attached hydrogens (tertiary/aromatic N) is 1. The van der Waals surface area contributed by atoms with E-state index in [1.54, 1.807) is 18.7 Å². The molecule has 2 rings (SSSR count). The topological polar surface area (TPSA) is 128 Å². The van der Waals surface area contributed by atoms with E-state index < -0.39 is 35.5 Å². The lowest BCUT2D eigenvalue weighted by Gasteiger charge is -2.37. The third-order valence-corrected chi connectivity index (χ3v) is 6.75.